The first-order valence-corrected chi connectivity index (χ1v) is 9.55. The highest BCUT2D eigenvalue weighted by atomic mass is 32.2. The summed E-state index contributed by atoms with van der Waals surface area (Å²) in [7, 11) is 3.08. The van der Waals surface area contributed by atoms with Gasteiger partial charge in [0.25, 0.3) is 11.8 Å². The Kier molecular flexibility index (Phi) is 6.44. The van der Waals surface area contributed by atoms with Gasteiger partial charge >= 0.3 is 0 Å². The number of anilines is 2. The standard InChI is InChI=1S/C20H20N2O5S/c1-25-15-7-8-16(17(11-15)26-2)22-19(23)13-3-5-14(6-4-13)21-20(24)18-12-28-10-9-27-18/h3-8,11-12H,9-10H2,1-2H3,(H,21,24)(H,22,23). The number of ether oxygens (including phenoxy) is 3. The van der Waals surface area contributed by atoms with Crippen molar-refractivity contribution >= 4 is 35.0 Å². The maximum absolute atomic E-state index is 12.5. The number of nitrogens with one attached hydrogen (secondary N) is 2. The summed E-state index contributed by atoms with van der Waals surface area (Å²) >= 11 is 1.54. The predicted octanol–water partition coefficient (Wildman–Crippen LogP) is 3.50. The van der Waals surface area contributed by atoms with Crippen LogP contribution in [0.2, 0.25) is 0 Å². The van der Waals surface area contributed by atoms with Crippen LogP contribution in [0.5, 0.6) is 11.5 Å². The van der Waals surface area contributed by atoms with E-state index >= 15 is 0 Å². The number of methoxy groups -OCH3 is 2. The van der Waals surface area contributed by atoms with Gasteiger partial charge in [-0.1, -0.05) is 0 Å². The zero-order valence-corrected chi connectivity index (χ0v) is 16.3. The molecule has 1 aliphatic rings. The van der Waals surface area contributed by atoms with Crippen molar-refractivity contribution in [3.05, 3.63) is 59.2 Å². The Labute approximate surface area is 167 Å². The average molecular weight is 400 g/mol. The van der Waals surface area contributed by atoms with E-state index in [0.717, 1.165) is 5.75 Å². The van der Waals surface area contributed by atoms with Gasteiger partial charge in [0.15, 0.2) is 5.76 Å². The molecule has 28 heavy (non-hydrogen) atoms. The lowest BCUT2D eigenvalue weighted by Crippen LogP contribution is -2.19. The van der Waals surface area contributed by atoms with Crippen LogP contribution in [0, 0.1) is 0 Å². The van der Waals surface area contributed by atoms with E-state index in [1.807, 2.05) is 0 Å². The van der Waals surface area contributed by atoms with Crippen LogP contribution in [0.15, 0.2) is 53.6 Å². The number of carbonyl (C=O) groups excluding carboxylic acids is 2. The lowest BCUT2D eigenvalue weighted by atomic mass is 10.2. The van der Waals surface area contributed by atoms with Crippen LogP contribution in [0.1, 0.15) is 10.4 Å². The monoisotopic (exact) mass is 400 g/mol. The fraction of sp³-hybridized carbons (Fsp3) is 0.200. The third-order valence-corrected chi connectivity index (χ3v) is 4.72. The highest BCUT2D eigenvalue weighted by Gasteiger charge is 2.15. The van der Waals surface area contributed by atoms with Crippen molar-refractivity contribution in [2.45, 2.75) is 0 Å². The van der Waals surface area contributed by atoms with E-state index in [4.69, 9.17) is 14.2 Å². The molecule has 0 spiro atoms. The topological polar surface area (TPSA) is 85.9 Å². The smallest absolute Gasteiger partial charge is 0.291 e. The van der Waals surface area contributed by atoms with Crippen molar-refractivity contribution in [3.8, 4) is 11.5 Å². The predicted molar refractivity (Wildman–Crippen MR) is 109 cm³/mol. The normalized spacial score (nSPS) is 13.0. The largest absolute Gasteiger partial charge is 0.497 e. The van der Waals surface area contributed by atoms with Crippen LogP contribution < -0.4 is 20.1 Å². The van der Waals surface area contributed by atoms with Gasteiger partial charge in [-0.15, -0.1) is 11.8 Å². The number of amides is 2. The second-order valence-corrected chi connectivity index (χ2v) is 6.73. The quantitative estimate of drug-likeness (QED) is 0.772. The zero-order chi connectivity index (χ0) is 19.9. The molecule has 2 N–H and O–H groups in total. The molecule has 0 aromatic heterocycles. The summed E-state index contributed by atoms with van der Waals surface area (Å²) in [6.45, 7) is 0.512. The Balaban J connectivity index is 1.65. The zero-order valence-electron chi connectivity index (χ0n) is 15.5. The molecule has 0 bridgehead atoms. The Hall–Kier alpha value is -3.13. The van der Waals surface area contributed by atoms with E-state index in [2.05, 4.69) is 10.6 Å². The number of hydrogen-bond donors (Lipinski definition) is 2. The fourth-order valence-electron chi connectivity index (χ4n) is 2.48. The highest BCUT2D eigenvalue weighted by Crippen LogP contribution is 2.29. The van der Waals surface area contributed by atoms with Gasteiger partial charge in [-0.05, 0) is 36.4 Å². The van der Waals surface area contributed by atoms with Gasteiger partial charge in [0.05, 0.1) is 26.5 Å². The molecule has 0 fully saturated rings. The van der Waals surface area contributed by atoms with Crippen LogP contribution >= 0.6 is 11.8 Å². The fourth-order valence-corrected chi connectivity index (χ4v) is 3.11. The summed E-state index contributed by atoms with van der Waals surface area (Å²) in [6.07, 6.45) is 0. The maximum Gasteiger partial charge on any atom is 0.291 e. The van der Waals surface area contributed by atoms with E-state index in [9.17, 15) is 9.59 Å². The Morgan fingerprint density at radius 1 is 1.00 bits per heavy atom. The molecule has 1 heterocycles. The molecule has 0 saturated carbocycles. The molecule has 2 aromatic rings. The summed E-state index contributed by atoms with van der Waals surface area (Å²) in [5.41, 5.74) is 1.55. The van der Waals surface area contributed by atoms with E-state index in [1.165, 1.54) is 18.9 Å². The molecule has 7 nitrogen and oxygen atoms in total. The van der Waals surface area contributed by atoms with Crippen molar-refractivity contribution in [2.75, 3.05) is 37.2 Å². The third kappa shape index (κ3) is 4.77. The number of benzene rings is 2. The molecule has 8 heteroatoms. The number of rotatable bonds is 6. The van der Waals surface area contributed by atoms with Gasteiger partial charge in [-0.25, -0.2) is 0 Å². The lowest BCUT2D eigenvalue weighted by molar-refractivity contribution is -0.116. The first-order valence-electron chi connectivity index (χ1n) is 8.50. The molecule has 0 saturated heterocycles. The SMILES string of the molecule is COc1ccc(NC(=O)c2ccc(NC(=O)C3=CSCCO3)cc2)c(OC)c1. The number of thioether (sulfide) groups is 1. The minimum Gasteiger partial charge on any atom is -0.497 e. The first kappa shape index (κ1) is 19.6. The van der Waals surface area contributed by atoms with Crippen molar-refractivity contribution in [2.24, 2.45) is 0 Å². The molecule has 146 valence electrons. The molecule has 0 atom stereocenters. The maximum atomic E-state index is 12.5. The molecular weight excluding hydrogens is 380 g/mol. The number of carbonyl (C=O) groups is 2. The average Bonchev–Trinajstić information content (AvgIpc) is 2.75. The molecule has 3 rings (SSSR count). The van der Waals surface area contributed by atoms with Crippen molar-refractivity contribution in [1.82, 2.24) is 0 Å². The molecule has 0 aliphatic carbocycles. The van der Waals surface area contributed by atoms with Crippen molar-refractivity contribution in [1.29, 1.82) is 0 Å². The number of hydrogen-bond acceptors (Lipinski definition) is 6. The van der Waals surface area contributed by atoms with E-state index in [0.29, 0.717) is 40.8 Å². The Morgan fingerprint density at radius 2 is 1.79 bits per heavy atom. The van der Waals surface area contributed by atoms with Crippen LogP contribution in [0.3, 0.4) is 0 Å². The summed E-state index contributed by atoms with van der Waals surface area (Å²) < 4.78 is 15.8. The van der Waals surface area contributed by atoms with Gasteiger partial charge in [-0.3, -0.25) is 9.59 Å². The van der Waals surface area contributed by atoms with Crippen LogP contribution in [0.4, 0.5) is 11.4 Å². The minimum absolute atomic E-state index is 0.295. The molecule has 1 aliphatic heterocycles. The lowest BCUT2D eigenvalue weighted by Gasteiger charge is -2.14. The Bertz CT molecular complexity index is 896. The second kappa shape index (κ2) is 9.18. The first-order chi connectivity index (χ1) is 13.6. The molecule has 0 unspecified atom stereocenters. The molecule has 2 amide bonds. The molecule has 2 aromatic carbocycles. The van der Waals surface area contributed by atoms with Gasteiger partial charge in [-0.2, -0.15) is 0 Å². The highest BCUT2D eigenvalue weighted by molar-refractivity contribution is 8.02. The van der Waals surface area contributed by atoms with Gasteiger partial charge in [0, 0.05) is 28.5 Å². The molecular formula is C20H20N2O5S. The van der Waals surface area contributed by atoms with E-state index in [-0.39, 0.29) is 11.8 Å². The van der Waals surface area contributed by atoms with Crippen LogP contribution in [-0.4, -0.2) is 38.4 Å². The van der Waals surface area contributed by atoms with Gasteiger partial charge < -0.3 is 24.8 Å². The third-order valence-electron chi connectivity index (χ3n) is 3.93. The Morgan fingerprint density at radius 3 is 2.43 bits per heavy atom. The van der Waals surface area contributed by atoms with Gasteiger partial charge in [0.2, 0.25) is 0 Å². The van der Waals surface area contributed by atoms with Crippen molar-refractivity contribution < 1.29 is 23.8 Å². The van der Waals surface area contributed by atoms with Gasteiger partial charge in [0.1, 0.15) is 11.5 Å². The van der Waals surface area contributed by atoms with Crippen LogP contribution in [-0.2, 0) is 9.53 Å². The van der Waals surface area contributed by atoms with Crippen LogP contribution in [0.25, 0.3) is 0 Å². The second-order valence-electron chi connectivity index (χ2n) is 5.75. The minimum atomic E-state index is -0.313. The summed E-state index contributed by atoms with van der Waals surface area (Å²) in [6, 6.07) is 11.7. The van der Waals surface area contributed by atoms with Crippen molar-refractivity contribution in [3.63, 3.8) is 0 Å². The summed E-state index contributed by atoms with van der Waals surface area (Å²) in [5.74, 6) is 1.65. The summed E-state index contributed by atoms with van der Waals surface area (Å²) in [4.78, 5) is 24.6. The van der Waals surface area contributed by atoms with E-state index in [1.54, 1.807) is 55.0 Å². The molecule has 0 radical (unpaired) electrons. The summed E-state index contributed by atoms with van der Waals surface area (Å²) in [5, 5.41) is 7.25. The van der Waals surface area contributed by atoms with E-state index < -0.39 is 0 Å².